The lowest BCUT2D eigenvalue weighted by molar-refractivity contribution is -1.02. The van der Waals surface area contributed by atoms with E-state index in [1.165, 1.54) is 22.4 Å². The number of quaternary nitrogens is 2. The highest BCUT2D eigenvalue weighted by molar-refractivity contribution is 5.96. The molecule has 6 heteroatoms. The van der Waals surface area contributed by atoms with Gasteiger partial charge in [-0.25, -0.2) is 4.79 Å². The fourth-order valence-corrected chi connectivity index (χ4v) is 3.81. The number of hydrogen-bond donors (Lipinski definition) is 4. The molecule has 2 aromatic rings. The largest absolute Gasteiger partial charge is 0.341 e. The SMILES string of the molecule is CNC(=O)NC(=O)[C@H](c1ccccc1)[NH+]1CC[NH+](C/C=C/c2ccccc2)CC1. The summed E-state index contributed by atoms with van der Waals surface area (Å²) in [6.45, 7) is 4.73. The third-order valence-corrected chi connectivity index (χ3v) is 5.38. The standard InChI is InChI=1S/C23H28N4O2/c1-24-23(29)25-22(28)21(20-12-6-3-7-13-20)27-17-15-26(16-18-27)14-8-11-19-9-4-2-5-10-19/h2-13,21H,14-18H2,1H3,(H2,24,25,28,29)/p+2/b11-8+/t21-/m0/s1. The van der Waals surface area contributed by atoms with Crippen molar-refractivity contribution < 1.29 is 19.4 Å². The Hall–Kier alpha value is -2.96. The fourth-order valence-electron chi connectivity index (χ4n) is 3.81. The maximum Gasteiger partial charge on any atom is 0.321 e. The first-order valence-corrected chi connectivity index (χ1v) is 10.1. The van der Waals surface area contributed by atoms with Crippen molar-refractivity contribution in [1.82, 2.24) is 10.6 Å². The maximum atomic E-state index is 12.8. The number of benzene rings is 2. The number of amides is 3. The monoisotopic (exact) mass is 394 g/mol. The maximum absolute atomic E-state index is 12.8. The van der Waals surface area contributed by atoms with Gasteiger partial charge >= 0.3 is 6.03 Å². The van der Waals surface area contributed by atoms with E-state index >= 15 is 0 Å². The van der Waals surface area contributed by atoms with Crippen molar-refractivity contribution in [2.24, 2.45) is 0 Å². The van der Waals surface area contributed by atoms with Gasteiger partial charge in [-0.2, -0.15) is 0 Å². The average Bonchev–Trinajstić information content (AvgIpc) is 2.76. The molecule has 4 N–H and O–H groups in total. The first kappa shape index (κ1) is 20.8. The molecule has 3 rings (SSSR count). The Balaban J connectivity index is 1.60. The zero-order chi connectivity index (χ0) is 20.5. The highest BCUT2D eigenvalue weighted by Gasteiger charge is 2.35. The highest BCUT2D eigenvalue weighted by atomic mass is 16.2. The lowest BCUT2D eigenvalue weighted by Crippen LogP contribution is -3.28. The van der Waals surface area contributed by atoms with Gasteiger partial charge in [0.05, 0.1) is 6.54 Å². The number of nitrogens with one attached hydrogen (secondary N) is 4. The van der Waals surface area contributed by atoms with Crippen LogP contribution in [0.2, 0.25) is 0 Å². The van der Waals surface area contributed by atoms with E-state index in [4.69, 9.17) is 0 Å². The van der Waals surface area contributed by atoms with Crippen molar-refractivity contribution in [2.75, 3.05) is 39.8 Å². The molecule has 1 aliphatic heterocycles. The first-order chi connectivity index (χ1) is 14.2. The van der Waals surface area contributed by atoms with E-state index in [1.54, 1.807) is 0 Å². The van der Waals surface area contributed by atoms with E-state index in [2.05, 4.69) is 34.9 Å². The first-order valence-electron chi connectivity index (χ1n) is 10.1. The minimum atomic E-state index is -0.467. The van der Waals surface area contributed by atoms with Crippen molar-refractivity contribution in [1.29, 1.82) is 0 Å². The van der Waals surface area contributed by atoms with E-state index < -0.39 is 6.03 Å². The van der Waals surface area contributed by atoms with Crippen LogP contribution in [0, 0.1) is 0 Å². The van der Waals surface area contributed by atoms with E-state index in [9.17, 15) is 9.59 Å². The minimum absolute atomic E-state index is 0.252. The summed E-state index contributed by atoms with van der Waals surface area (Å²) in [7, 11) is 1.51. The molecule has 3 amide bonds. The van der Waals surface area contributed by atoms with E-state index in [0.29, 0.717) is 0 Å². The second-order valence-corrected chi connectivity index (χ2v) is 7.34. The van der Waals surface area contributed by atoms with Gasteiger partial charge in [0.2, 0.25) is 0 Å². The predicted octanol–water partition coefficient (Wildman–Crippen LogP) is -0.320. The number of hydrogen-bond acceptors (Lipinski definition) is 2. The predicted molar refractivity (Wildman–Crippen MR) is 114 cm³/mol. The number of rotatable bonds is 6. The number of piperazine rings is 1. The Bertz CT molecular complexity index is 815. The lowest BCUT2D eigenvalue weighted by atomic mass is 10.0. The summed E-state index contributed by atoms with van der Waals surface area (Å²) in [4.78, 5) is 27.2. The van der Waals surface area contributed by atoms with Crippen molar-refractivity contribution in [2.45, 2.75) is 6.04 Å². The molecule has 6 nitrogen and oxygen atoms in total. The third-order valence-electron chi connectivity index (χ3n) is 5.38. The van der Waals surface area contributed by atoms with Gasteiger partial charge in [-0.15, -0.1) is 0 Å². The van der Waals surface area contributed by atoms with Crippen molar-refractivity contribution in [3.8, 4) is 0 Å². The van der Waals surface area contributed by atoms with Crippen LogP contribution in [0.4, 0.5) is 4.79 Å². The van der Waals surface area contributed by atoms with Crippen LogP contribution in [0.15, 0.2) is 66.7 Å². The Morgan fingerprint density at radius 2 is 1.59 bits per heavy atom. The number of imide groups is 1. The van der Waals surface area contributed by atoms with Gasteiger partial charge in [-0.1, -0.05) is 66.7 Å². The van der Waals surface area contributed by atoms with Crippen LogP contribution in [0.1, 0.15) is 17.2 Å². The summed E-state index contributed by atoms with van der Waals surface area (Å²) in [5.41, 5.74) is 2.16. The highest BCUT2D eigenvalue weighted by Crippen LogP contribution is 2.09. The molecule has 1 saturated heterocycles. The molecule has 0 bridgehead atoms. The van der Waals surface area contributed by atoms with Gasteiger partial charge < -0.3 is 15.1 Å². The molecule has 0 unspecified atom stereocenters. The Kier molecular flexibility index (Phi) is 7.55. The molecule has 2 aromatic carbocycles. The molecule has 1 fully saturated rings. The van der Waals surface area contributed by atoms with Crippen LogP contribution < -0.4 is 20.4 Å². The molecule has 152 valence electrons. The van der Waals surface area contributed by atoms with Crippen molar-refractivity contribution in [3.63, 3.8) is 0 Å². The molecule has 0 aliphatic carbocycles. The molecule has 0 aromatic heterocycles. The van der Waals surface area contributed by atoms with Gasteiger partial charge in [-0.05, 0) is 11.6 Å². The summed E-state index contributed by atoms with van der Waals surface area (Å²) in [5, 5.41) is 4.92. The van der Waals surface area contributed by atoms with Gasteiger partial charge in [0, 0.05) is 12.6 Å². The van der Waals surface area contributed by atoms with Gasteiger partial charge in [0.1, 0.15) is 26.2 Å². The zero-order valence-corrected chi connectivity index (χ0v) is 16.9. The van der Waals surface area contributed by atoms with E-state index in [1.807, 2.05) is 48.5 Å². The smallest absolute Gasteiger partial charge is 0.321 e. The Morgan fingerprint density at radius 3 is 2.21 bits per heavy atom. The molecule has 1 atom stereocenters. The lowest BCUT2D eigenvalue weighted by Gasteiger charge is -2.33. The Labute approximate surface area is 172 Å². The second-order valence-electron chi connectivity index (χ2n) is 7.34. The second kappa shape index (κ2) is 10.5. The molecule has 0 spiro atoms. The third kappa shape index (κ3) is 6.01. The van der Waals surface area contributed by atoms with Crippen molar-refractivity contribution in [3.05, 3.63) is 77.9 Å². The molecule has 1 heterocycles. The summed E-state index contributed by atoms with van der Waals surface area (Å²) in [6, 6.07) is 19.2. The van der Waals surface area contributed by atoms with Crippen LogP contribution in [-0.2, 0) is 4.79 Å². The van der Waals surface area contributed by atoms with E-state index in [0.717, 1.165) is 38.3 Å². The van der Waals surface area contributed by atoms with Crippen LogP contribution >= 0.6 is 0 Å². The molecular weight excluding hydrogens is 364 g/mol. The quantitative estimate of drug-likeness (QED) is 0.543. The van der Waals surface area contributed by atoms with Crippen LogP contribution in [0.3, 0.4) is 0 Å². The summed E-state index contributed by atoms with van der Waals surface area (Å²) in [6.07, 6.45) is 4.39. The molecule has 0 radical (unpaired) electrons. The molecule has 29 heavy (non-hydrogen) atoms. The van der Waals surface area contributed by atoms with Crippen LogP contribution in [0.25, 0.3) is 6.08 Å². The fraction of sp³-hybridized carbons (Fsp3) is 0.304. The van der Waals surface area contributed by atoms with Gasteiger partial charge in [0.25, 0.3) is 5.91 Å². The normalized spacial score (nSPS) is 20.2. The van der Waals surface area contributed by atoms with E-state index in [-0.39, 0.29) is 11.9 Å². The van der Waals surface area contributed by atoms with Crippen LogP contribution in [-0.4, -0.2) is 51.7 Å². The summed E-state index contributed by atoms with van der Waals surface area (Å²) in [5.74, 6) is -0.252. The molecular formula is C23H30N4O2+2. The number of carbonyl (C=O) groups excluding carboxylic acids is 2. The topological polar surface area (TPSA) is 67.1 Å². The molecule has 1 aliphatic rings. The Morgan fingerprint density at radius 1 is 0.966 bits per heavy atom. The summed E-state index contributed by atoms with van der Waals surface area (Å²) < 4.78 is 0. The average molecular weight is 395 g/mol. The molecule has 0 saturated carbocycles. The number of carbonyl (C=O) groups is 2. The zero-order valence-electron chi connectivity index (χ0n) is 16.9. The van der Waals surface area contributed by atoms with Gasteiger partial charge in [-0.3, -0.25) is 10.1 Å². The van der Waals surface area contributed by atoms with Crippen LogP contribution in [0.5, 0.6) is 0 Å². The number of urea groups is 1. The minimum Gasteiger partial charge on any atom is -0.341 e. The van der Waals surface area contributed by atoms with Crippen molar-refractivity contribution >= 4 is 18.0 Å². The summed E-state index contributed by atoms with van der Waals surface area (Å²) >= 11 is 0. The van der Waals surface area contributed by atoms with Gasteiger partial charge in [0.15, 0.2) is 6.04 Å².